The highest BCUT2D eigenvalue weighted by Crippen LogP contribution is 2.29. The van der Waals surface area contributed by atoms with Crippen molar-refractivity contribution >= 4 is 23.2 Å². The Labute approximate surface area is 129 Å². The van der Waals surface area contributed by atoms with Crippen LogP contribution in [-0.4, -0.2) is 4.98 Å². The molecule has 0 spiro atoms. The fourth-order valence-electron chi connectivity index (χ4n) is 1.82. The molecule has 0 bridgehead atoms. The van der Waals surface area contributed by atoms with Gasteiger partial charge in [0.05, 0.1) is 5.02 Å². The second-order valence-electron chi connectivity index (χ2n) is 5.03. The van der Waals surface area contributed by atoms with Crippen molar-refractivity contribution in [3.05, 3.63) is 52.2 Å². The largest absolute Gasteiger partial charge is 0.439 e. The highest BCUT2D eigenvalue weighted by molar-refractivity contribution is 6.32. The lowest BCUT2D eigenvalue weighted by molar-refractivity contribution is 0.458. The average Bonchev–Trinajstić information content (AvgIpc) is 2.43. The van der Waals surface area contributed by atoms with Crippen LogP contribution >= 0.6 is 23.2 Å². The zero-order valence-corrected chi connectivity index (χ0v) is 13.3. The van der Waals surface area contributed by atoms with Gasteiger partial charge in [-0.1, -0.05) is 37.6 Å². The highest BCUT2D eigenvalue weighted by Gasteiger charge is 2.08. The maximum Gasteiger partial charge on any atom is 0.219 e. The average molecular weight is 310 g/mol. The molecule has 0 radical (unpaired) electrons. The highest BCUT2D eigenvalue weighted by atomic mass is 35.5. The molecule has 0 aliphatic heterocycles. The Kier molecular flexibility index (Phi) is 4.90. The van der Waals surface area contributed by atoms with E-state index in [0.29, 0.717) is 22.7 Å². The van der Waals surface area contributed by atoms with E-state index in [0.717, 1.165) is 16.9 Å². The van der Waals surface area contributed by atoms with Crippen LogP contribution in [0.2, 0.25) is 5.02 Å². The number of aryl methyl sites for hydroxylation is 1. The molecule has 0 amide bonds. The second-order valence-corrected chi connectivity index (χ2v) is 5.70. The number of benzene rings is 1. The Morgan fingerprint density at radius 2 is 2.00 bits per heavy atom. The Morgan fingerprint density at radius 1 is 1.25 bits per heavy atom. The summed E-state index contributed by atoms with van der Waals surface area (Å²) < 4.78 is 5.87. The standard InChI is InChI=1S/C16H17Cl2NO/c1-10(2)12-5-4-11(3)15(6-12)20-16-7-13(8-17)14(18)9-19-16/h4-7,9-10H,8H2,1-3H3. The maximum absolute atomic E-state index is 5.99. The molecule has 20 heavy (non-hydrogen) atoms. The van der Waals surface area contributed by atoms with Crippen molar-refractivity contribution in [1.29, 1.82) is 0 Å². The van der Waals surface area contributed by atoms with Crippen molar-refractivity contribution in [2.24, 2.45) is 0 Å². The molecule has 0 atom stereocenters. The van der Waals surface area contributed by atoms with Crippen molar-refractivity contribution in [1.82, 2.24) is 4.98 Å². The molecular weight excluding hydrogens is 293 g/mol. The van der Waals surface area contributed by atoms with Gasteiger partial charge in [0.15, 0.2) is 0 Å². The normalized spacial score (nSPS) is 10.9. The monoisotopic (exact) mass is 309 g/mol. The molecule has 0 aliphatic carbocycles. The molecule has 4 heteroatoms. The van der Waals surface area contributed by atoms with Crippen LogP contribution in [0.1, 0.15) is 36.5 Å². The third-order valence-electron chi connectivity index (χ3n) is 3.15. The Morgan fingerprint density at radius 3 is 2.65 bits per heavy atom. The number of halogens is 2. The Hall–Kier alpha value is -1.25. The molecule has 2 nitrogen and oxygen atoms in total. The molecule has 0 saturated carbocycles. The number of nitrogens with zero attached hydrogens (tertiary/aromatic N) is 1. The molecule has 106 valence electrons. The predicted octanol–water partition coefficient (Wildman–Crippen LogP) is 5.70. The number of pyridine rings is 1. The van der Waals surface area contributed by atoms with Crippen LogP contribution in [0.25, 0.3) is 0 Å². The summed E-state index contributed by atoms with van der Waals surface area (Å²) in [7, 11) is 0. The quantitative estimate of drug-likeness (QED) is 0.676. The summed E-state index contributed by atoms with van der Waals surface area (Å²) in [5, 5.41) is 0.556. The molecule has 0 fully saturated rings. The number of aromatic nitrogens is 1. The smallest absolute Gasteiger partial charge is 0.219 e. The van der Waals surface area contributed by atoms with Gasteiger partial charge in [-0.3, -0.25) is 0 Å². The van der Waals surface area contributed by atoms with Crippen LogP contribution in [0.5, 0.6) is 11.6 Å². The van der Waals surface area contributed by atoms with Crippen molar-refractivity contribution in [2.45, 2.75) is 32.6 Å². The van der Waals surface area contributed by atoms with Crippen LogP contribution in [0.15, 0.2) is 30.5 Å². The van der Waals surface area contributed by atoms with E-state index < -0.39 is 0 Å². The minimum Gasteiger partial charge on any atom is -0.439 e. The van der Waals surface area contributed by atoms with Crippen LogP contribution < -0.4 is 4.74 Å². The minimum atomic E-state index is 0.336. The summed E-state index contributed by atoms with van der Waals surface area (Å²) in [4.78, 5) is 4.18. The molecule has 0 N–H and O–H groups in total. The zero-order chi connectivity index (χ0) is 14.7. The summed E-state index contributed by atoms with van der Waals surface area (Å²) in [6, 6.07) is 8.00. The van der Waals surface area contributed by atoms with E-state index in [1.54, 1.807) is 12.3 Å². The van der Waals surface area contributed by atoms with E-state index >= 15 is 0 Å². The first-order valence-corrected chi connectivity index (χ1v) is 7.41. The van der Waals surface area contributed by atoms with Crippen LogP contribution in [0.4, 0.5) is 0 Å². The van der Waals surface area contributed by atoms with Gasteiger partial charge in [0.1, 0.15) is 5.75 Å². The number of alkyl halides is 1. The third-order valence-corrected chi connectivity index (χ3v) is 3.78. The summed E-state index contributed by atoms with van der Waals surface area (Å²) in [6.07, 6.45) is 1.57. The van der Waals surface area contributed by atoms with Gasteiger partial charge in [0.2, 0.25) is 5.88 Å². The number of hydrogen-bond acceptors (Lipinski definition) is 2. The van der Waals surface area contributed by atoms with Crippen molar-refractivity contribution < 1.29 is 4.74 Å². The summed E-state index contributed by atoms with van der Waals surface area (Å²) >= 11 is 11.8. The number of ether oxygens (including phenoxy) is 1. The first-order chi connectivity index (χ1) is 9.51. The SMILES string of the molecule is Cc1ccc(C(C)C)cc1Oc1cc(CCl)c(Cl)cn1. The zero-order valence-electron chi connectivity index (χ0n) is 11.8. The van der Waals surface area contributed by atoms with E-state index in [2.05, 4.69) is 37.0 Å². The van der Waals surface area contributed by atoms with Crippen molar-refractivity contribution in [2.75, 3.05) is 0 Å². The number of hydrogen-bond donors (Lipinski definition) is 0. The fourth-order valence-corrected chi connectivity index (χ4v) is 2.27. The lowest BCUT2D eigenvalue weighted by Gasteiger charge is -2.12. The molecule has 0 unspecified atom stereocenters. The van der Waals surface area contributed by atoms with Gasteiger partial charge < -0.3 is 4.74 Å². The molecule has 2 rings (SSSR count). The first-order valence-electron chi connectivity index (χ1n) is 6.50. The maximum atomic E-state index is 5.99. The van der Waals surface area contributed by atoms with Crippen LogP contribution in [0, 0.1) is 6.92 Å². The summed E-state index contributed by atoms with van der Waals surface area (Å²) in [5.41, 5.74) is 3.12. The minimum absolute atomic E-state index is 0.336. The van der Waals surface area contributed by atoms with Gasteiger partial charge in [-0.15, -0.1) is 11.6 Å². The lowest BCUT2D eigenvalue weighted by Crippen LogP contribution is -1.95. The van der Waals surface area contributed by atoms with Crippen LogP contribution in [0.3, 0.4) is 0 Å². The fraction of sp³-hybridized carbons (Fsp3) is 0.312. The molecule has 1 aromatic heterocycles. The van der Waals surface area contributed by atoms with Gasteiger partial charge in [-0.05, 0) is 35.6 Å². The molecule has 1 aromatic carbocycles. The van der Waals surface area contributed by atoms with Gasteiger partial charge in [0.25, 0.3) is 0 Å². The topological polar surface area (TPSA) is 22.1 Å². The Balaban J connectivity index is 2.32. The first kappa shape index (κ1) is 15.1. The van der Waals surface area contributed by atoms with Crippen molar-refractivity contribution in [3.63, 3.8) is 0 Å². The predicted molar refractivity (Wildman–Crippen MR) is 84.1 cm³/mol. The summed E-state index contributed by atoms with van der Waals surface area (Å²) in [5.74, 6) is 2.11. The molecule has 1 heterocycles. The Bertz CT molecular complexity index is 611. The van der Waals surface area contributed by atoms with Crippen LogP contribution in [-0.2, 0) is 5.88 Å². The second kappa shape index (κ2) is 6.47. The van der Waals surface area contributed by atoms with E-state index in [1.807, 2.05) is 6.92 Å². The molecular formula is C16H17Cl2NO. The van der Waals surface area contributed by atoms with Gasteiger partial charge >= 0.3 is 0 Å². The lowest BCUT2D eigenvalue weighted by atomic mass is 10.0. The van der Waals surface area contributed by atoms with E-state index in [9.17, 15) is 0 Å². The number of rotatable bonds is 4. The van der Waals surface area contributed by atoms with E-state index in [-0.39, 0.29) is 0 Å². The van der Waals surface area contributed by atoms with E-state index in [1.165, 1.54) is 5.56 Å². The molecule has 0 saturated heterocycles. The molecule has 2 aromatic rings. The van der Waals surface area contributed by atoms with Gasteiger partial charge in [0, 0.05) is 18.1 Å². The molecule has 0 aliphatic rings. The van der Waals surface area contributed by atoms with E-state index in [4.69, 9.17) is 27.9 Å². The van der Waals surface area contributed by atoms with Gasteiger partial charge in [-0.25, -0.2) is 4.98 Å². The summed E-state index contributed by atoms with van der Waals surface area (Å²) in [6.45, 7) is 6.32. The van der Waals surface area contributed by atoms with Gasteiger partial charge in [-0.2, -0.15) is 0 Å². The third kappa shape index (κ3) is 3.44. The van der Waals surface area contributed by atoms with Crippen molar-refractivity contribution in [3.8, 4) is 11.6 Å².